The van der Waals surface area contributed by atoms with Gasteiger partial charge in [0.05, 0.1) is 25.2 Å². The lowest BCUT2D eigenvalue weighted by atomic mass is 10.0. The van der Waals surface area contributed by atoms with Crippen molar-refractivity contribution in [2.45, 2.75) is 251 Å². The highest BCUT2D eigenvalue weighted by Crippen LogP contribution is 2.17. The first-order valence-corrected chi connectivity index (χ1v) is 23.9. The molecule has 0 bridgehead atoms. The molecular formula is C50H91NO5. The number of carbonyl (C=O) groups excluding carboxylic acids is 2. The lowest BCUT2D eigenvalue weighted by Gasteiger charge is -2.24. The molecule has 3 N–H and O–H groups in total. The fourth-order valence-electron chi connectivity index (χ4n) is 7.09. The number of aliphatic hydroxyl groups is 2. The Kier molecular flexibility index (Phi) is 42.2. The Balaban J connectivity index is 4.60. The van der Waals surface area contributed by atoms with Gasteiger partial charge in [0.2, 0.25) is 5.91 Å². The van der Waals surface area contributed by atoms with Crippen molar-refractivity contribution in [3.05, 3.63) is 48.6 Å². The largest absolute Gasteiger partial charge is 0.462 e. The van der Waals surface area contributed by atoms with Crippen molar-refractivity contribution in [1.29, 1.82) is 0 Å². The van der Waals surface area contributed by atoms with Gasteiger partial charge in [0.25, 0.3) is 0 Å². The minimum Gasteiger partial charge on any atom is -0.462 e. The van der Waals surface area contributed by atoms with E-state index in [2.05, 4.69) is 74.7 Å². The van der Waals surface area contributed by atoms with Gasteiger partial charge in [-0.3, -0.25) is 9.59 Å². The second-order valence-corrected chi connectivity index (χ2v) is 16.1. The molecule has 1 amide bonds. The molecule has 6 heteroatoms. The molecule has 0 saturated heterocycles. The summed E-state index contributed by atoms with van der Waals surface area (Å²) < 4.78 is 5.90. The van der Waals surface area contributed by atoms with Crippen LogP contribution >= 0.6 is 0 Å². The molecular weight excluding hydrogens is 695 g/mol. The molecule has 0 aromatic heterocycles. The van der Waals surface area contributed by atoms with Crippen molar-refractivity contribution in [3.63, 3.8) is 0 Å². The minimum absolute atomic E-state index is 0.0648. The Labute approximate surface area is 346 Å². The summed E-state index contributed by atoms with van der Waals surface area (Å²) in [6, 6.07) is -0.705. The molecule has 0 aromatic carbocycles. The second kappa shape index (κ2) is 43.9. The van der Waals surface area contributed by atoms with Crippen LogP contribution in [0.15, 0.2) is 48.6 Å². The topological polar surface area (TPSA) is 95.9 Å². The third kappa shape index (κ3) is 38.7. The van der Waals surface area contributed by atoms with Crippen molar-refractivity contribution >= 4 is 11.9 Å². The monoisotopic (exact) mass is 786 g/mol. The third-order valence-electron chi connectivity index (χ3n) is 10.7. The fourth-order valence-corrected chi connectivity index (χ4v) is 7.09. The van der Waals surface area contributed by atoms with Gasteiger partial charge in [-0.1, -0.05) is 191 Å². The summed E-state index contributed by atoms with van der Waals surface area (Å²) in [6.07, 6.45) is 51.7. The van der Waals surface area contributed by atoms with Crippen molar-refractivity contribution < 1.29 is 24.5 Å². The van der Waals surface area contributed by atoms with Gasteiger partial charge in [0.15, 0.2) is 0 Å². The number of hydrogen-bond acceptors (Lipinski definition) is 5. The number of carbonyl (C=O) groups is 2. The van der Waals surface area contributed by atoms with Gasteiger partial charge in [-0.15, -0.1) is 0 Å². The van der Waals surface area contributed by atoms with E-state index in [0.29, 0.717) is 19.3 Å². The number of hydrogen-bond donors (Lipinski definition) is 3. The Bertz CT molecular complexity index is 972. The third-order valence-corrected chi connectivity index (χ3v) is 10.7. The van der Waals surface area contributed by atoms with E-state index in [4.69, 9.17) is 4.74 Å². The Morgan fingerprint density at radius 1 is 0.536 bits per heavy atom. The standard InChI is InChI=1S/C50H91NO5/c1-4-7-10-13-16-19-22-24-25-28-31-34-37-40-43-50(55)56-46(41-38-35-32-29-27-23-20-17-14-11-8-5-2)44-49(54)51-47(45-52)48(53)42-39-36-33-30-26-21-18-15-12-9-6-3/h7-8,10-11,16-17,19-20,46-48,52-53H,4-6,9,12-15,18,21-45H2,1-3H3,(H,51,54)/b10-7+,11-8+,19-16+,20-17+. The summed E-state index contributed by atoms with van der Waals surface area (Å²) in [5, 5.41) is 23.7. The summed E-state index contributed by atoms with van der Waals surface area (Å²) in [5.74, 6) is -0.497. The van der Waals surface area contributed by atoms with E-state index in [0.717, 1.165) is 96.3 Å². The summed E-state index contributed by atoms with van der Waals surface area (Å²) in [4.78, 5) is 26.0. The number of amides is 1. The maximum absolute atomic E-state index is 13.1. The summed E-state index contributed by atoms with van der Waals surface area (Å²) >= 11 is 0. The predicted molar refractivity (Wildman–Crippen MR) is 241 cm³/mol. The molecule has 0 aromatic rings. The Morgan fingerprint density at radius 3 is 1.45 bits per heavy atom. The molecule has 0 spiro atoms. The van der Waals surface area contributed by atoms with E-state index in [1.807, 2.05) is 0 Å². The van der Waals surface area contributed by atoms with Gasteiger partial charge in [0, 0.05) is 6.42 Å². The number of allylic oxidation sites excluding steroid dienone is 8. The van der Waals surface area contributed by atoms with Crippen LogP contribution in [0.25, 0.3) is 0 Å². The van der Waals surface area contributed by atoms with Gasteiger partial charge in [-0.2, -0.15) is 0 Å². The highest BCUT2D eigenvalue weighted by Gasteiger charge is 2.24. The summed E-state index contributed by atoms with van der Waals surface area (Å²) in [5.41, 5.74) is 0. The van der Waals surface area contributed by atoms with Crippen LogP contribution in [0, 0.1) is 0 Å². The van der Waals surface area contributed by atoms with Crippen LogP contribution in [0.5, 0.6) is 0 Å². The average Bonchev–Trinajstić information content (AvgIpc) is 3.19. The first-order valence-electron chi connectivity index (χ1n) is 23.9. The van der Waals surface area contributed by atoms with E-state index < -0.39 is 18.2 Å². The first kappa shape index (κ1) is 53.8. The fraction of sp³-hybridized carbons (Fsp3) is 0.800. The normalized spacial score (nSPS) is 13.7. The van der Waals surface area contributed by atoms with Crippen LogP contribution < -0.4 is 5.32 Å². The Hall–Kier alpha value is -2.18. The van der Waals surface area contributed by atoms with Crippen molar-refractivity contribution in [1.82, 2.24) is 5.32 Å². The van der Waals surface area contributed by atoms with Crippen LogP contribution in [-0.2, 0) is 14.3 Å². The highest BCUT2D eigenvalue weighted by molar-refractivity contribution is 5.77. The van der Waals surface area contributed by atoms with E-state index in [1.165, 1.54) is 89.9 Å². The van der Waals surface area contributed by atoms with Crippen LogP contribution in [0.3, 0.4) is 0 Å². The zero-order chi connectivity index (χ0) is 41.0. The average molecular weight is 786 g/mol. The molecule has 0 aliphatic carbocycles. The quantitative estimate of drug-likeness (QED) is 0.0325. The van der Waals surface area contributed by atoms with Gasteiger partial charge in [-0.25, -0.2) is 0 Å². The minimum atomic E-state index is -0.791. The molecule has 0 heterocycles. The molecule has 0 fully saturated rings. The smallest absolute Gasteiger partial charge is 0.306 e. The van der Waals surface area contributed by atoms with E-state index >= 15 is 0 Å². The number of aliphatic hydroxyl groups excluding tert-OH is 2. The maximum Gasteiger partial charge on any atom is 0.306 e. The maximum atomic E-state index is 13.1. The first-order chi connectivity index (χ1) is 27.5. The number of nitrogens with one attached hydrogen (secondary N) is 1. The van der Waals surface area contributed by atoms with Crippen LogP contribution in [0.4, 0.5) is 0 Å². The van der Waals surface area contributed by atoms with Gasteiger partial charge in [-0.05, 0) is 77.0 Å². The molecule has 326 valence electrons. The van der Waals surface area contributed by atoms with Crippen LogP contribution in [0.2, 0.25) is 0 Å². The van der Waals surface area contributed by atoms with Crippen molar-refractivity contribution in [2.24, 2.45) is 0 Å². The van der Waals surface area contributed by atoms with Gasteiger partial charge < -0.3 is 20.3 Å². The summed E-state index contributed by atoms with van der Waals surface area (Å²) in [7, 11) is 0. The van der Waals surface area contributed by atoms with Crippen LogP contribution in [-0.4, -0.2) is 46.9 Å². The predicted octanol–water partition coefficient (Wildman–Crippen LogP) is 13.9. The molecule has 56 heavy (non-hydrogen) atoms. The SMILES string of the molecule is CC/C=C/C/C=C/CCCCCCCCCC(=O)OC(CCCCCCC/C=C/C/C=C/CC)CC(=O)NC(CO)C(O)CCCCCCCCCCCCC. The lowest BCUT2D eigenvalue weighted by Crippen LogP contribution is -2.46. The lowest BCUT2D eigenvalue weighted by molar-refractivity contribution is -0.151. The van der Waals surface area contributed by atoms with E-state index in [-0.39, 0.29) is 24.9 Å². The number of unbranched alkanes of at least 4 members (excludes halogenated alkanes) is 22. The molecule has 0 radical (unpaired) electrons. The molecule has 0 rings (SSSR count). The molecule has 0 aliphatic rings. The molecule has 0 aliphatic heterocycles. The molecule has 6 nitrogen and oxygen atoms in total. The van der Waals surface area contributed by atoms with Crippen molar-refractivity contribution in [3.8, 4) is 0 Å². The molecule has 0 saturated carbocycles. The highest BCUT2D eigenvalue weighted by atomic mass is 16.5. The zero-order valence-electron chi connectivity index (χ0n) is 37.0. The molecule has 3 atom stereocenters. The summed E-state index contributed by atoms with van der Waals surface area (Å²) in [6.45, 7) is 6.25. The van der Waals surface area contributed by atoms with E-state index in [1.54, 1.807) is 0 Å². The second-order valence-electron chi connectivity index (χ2n) is 16.1. The number of esters is 1. The zero-order valence-corrected chi connectivity index (χ0v) is 37.0. The van der Waals surface area contributed by atoms with Gasteiger partial charge in [0.1, 0.15) is 6.10 Å². The van der Waals surface area contributed by atoms with E-state index in [9.17, 15) is 19.8 Å². The van der Waals surface area contributed by atoms with Crippen molar-refractivity contribution in [2.75, 3.05) is 6.61 Å². The number of rotatable bonds is 42. The number of ether oxygens (including phenoxy) is 1. The molecule has 3 unspecified atom stereocenters. The Morgan fingerprint density at radius 2 is 0.964 bits per heavy atom. The van der Waals surface area contributed by atoms with Gasteiger partial charge >= 0.3 is 5.97 Å². The van der Waals surface area contributed by atoms with Crippen LogP contribution in [0.1, 0.15) is 233 Å².